The number of anilines is 3. The number of sulfonamides is 1. The van der Waals surface area contributed by atoms with E-state index >= 15 is 0 Å². The van der Waals surface area contributed by atoms with E-state index in [1.54, 1.807) is 0 Å². The number of carbonyl (C=O) groups excluding carboxylic acids is 1. The molecule has 2 aromatic carbocycles. The first-order valence-corrected chi connectivity index (χ1v) is 13.9. The zero-order valence-electron chi connectivity index (χ0n) is 19.2. The molecule has 0 saturated carbocycles. The number of aromatic nitrogens is 2. The molecule has 1 amide bonds. The first kappa shape index (κ1) is 25.4. The summed E-state index contributed by atoms with van der Waals surface area (Å²) in [4.78, 5) is 12.6. The Morgan fingerprint density at radius 2 is 1.91 bits per heavy atom. The molecular weight excluding hydrogens is 510 g/mol. The molecule has 0 unspecified atom stereocenters. The number of ether oxygens (including phenoxy) is 2. The van der Waals surface area contributed by atoms with E-state index in [4.69, 9.17) is 9.47 Å². The Labute approximate surface area is 212 Å². The minimum absolute atomic E-state index is 0.103. The van der Waals surface area contributed by atoms with Gasteiger partial charge in [-0.05, 0) is 31.2 Å². The number of hydrogen-bond acceptors (Lipinski definition) is 10. The number of aryl methyl sites for hydroxylation is 1. The van der Waals surface area contributed by atoms with Gasteiger partial charge in [0.25, 0.3) is 0 Å². The molecular formula is C22H25N5O5S3. The molecule has 13 heteroatoms. The van der Waals surface area contributed by atoms with Gasteiger partial charge in [-0.25, -0.2) is 8.42 Å². The van der Waals surface area contributed by atoms with E-state index in [0.29, 0.717) is 41.5 Å². The minimum Gasteiger partial charge on any atom is -0.495 e. The first-order valence-electron chi connectivity index (χ1n) is 10.7. The third-order valence-electron chi connectivity index (χ3n) is 5.09. The summed E-state index contributed by atoms with van der Waals surface area (Å²) < 4.78 is 38.4. The van der Waals surface area contributed by atoms with Crippen molar-refractivity contribution < 1.29 is 22.7 Å². The lowest BCUT2D eigenvalue weighted by molar-refractivity contribution is -0.113. The van der Waals surface area contributed by atoms with Gasteiger partial charge in [-0.1, -0.05) is 40.8 Å². The van der Waals surface area contributed by atoms with Crippen molar-refractivity contribution >= 4 is 55.5 Å². The van der Waals surface area contributed by atoms with Crippen molar-refractivity contribution in [2.45, 2.75) is 16.2 Å². The highest BCUT2D eigenvalue weighted by atomic mass is 32.2. The van der Waals surface area contributed by atoms with Crippen LogP contribution < -0.4 is 15.4 Å². The molecule has 0 atom stereocenters. The van der Waals surface area contributed by atoms with E-state index in [1.165, 1.54) is 58.3 Å². The molecule has 1 aliphatic heterocycles. The summed E-state index contributed by atoms with van der Waals surface area (Å²) in [5.41, 5.74) is 2.46. The second-order valence-corrected chi connectivity index (χ2v) is 11.7. The van der Waals surface area contributed by atoms with E-state index in [-0.39, 0.29) is 22.3 Å². The molecule has 0 aliphatic carbocycles. The summed E-state index contributed by atoms with van der Waals surface area (Å²) in [6.45, 7) is 3.34. The van der Waals surface area contributed by atoms with Crippen molar-refractivity contribution in [2.75, 3.05) is 49.8 Å². The summed E-state index contributed by atoms with van der Waals surface area (Å²) in [7, 11) is -2.25. The van der Waals surface area contributed by atoms with E-state index in [9.17, 15) is 13.2 Å². The fourth-order valence-electron chi connectivity index (χ4n) is 3.26. The lowest BCUT2D eigenvalue weighted by Gasteiger charge is -2.26. The molecule has 1 saturated heterocycles. The van der Waals surface area contributed by atoms with Crippen LogP contribution in [0.2, 0.25) is 0 Å². The molecule has 4 rings (SSSR count). The maximum atomic E-state index is 12.9. The van der Waals surface area contributed by atoms with Crippen LogP contribution >= 0.6 is 23.1 Å². The number of nitrogens with one attached hydrogen (secondary N) is 2. The topological polar surface area (TPSA) is 123 Å². The summed E-state index contributed by atoms with van der Waals surface area (Å²) in [5, 5.41) is 14.8. The Kier molecular flexibility index (Phi) is 8.23. The Morgan fingerprint density at radius 1 is 1.17 bits per heavy atom. The van der Waals surface area contributed by atoms with Crippen LogP contribution in [0.25, 0.3) is 0 Å². The van der Waals surface area contributed by atoms with Gasteiger partial charge in [-0.3, -0.25) is 4.79 Å². The van der Waals surface area contributed by atoms with Gasteiger partial charge in [0.15, 0.2) is 4.34 Å². The molecule has 0 radical (unpaired) electrons. The number of benzene rings is 2. The molecule has 0 spiro atoms. The van der Waals surface area contributed by atoms with Gasteiger partial charge in [0, 0.05) is 24.8 Å². The van der Waals surface area contributed by atoms with Gasteiger partial charge in [0.1, 0.15) is 5.75 Å². The van der Waals surface area contributed by atoms with Gasteiger partial charge in [0.2, 0.25) is 21.1 Å². The van der Waals surface area contributed by atoms with E-state index in [1.807, 2.05) is 31.2 Å². The molecule has 2 heterocycles. The SMILES string of the molecule is COc1cc(S(=O)(=O)N2CCOCC2)ccc1NC(=O)CSc1nnc(Nc2ccc(C)cc2)s1. The van der Waals surface area contributed by atoms with Crippen molar-refractivity contribution in [3.05, 3.63) is 48.0 Å². The Morgan fingerprint density at radius 3 is 2.63 bits per heavy atom. The summed E-state index contributed by atoms with van der Waals surface area (Å²) >= 11 is 2.61. The third kappa shape index (κ3) is 6.49. The van der Waals surface area contributed by atoms with Crippen LogP contribution in [-0.4, -0.2) is 68.0 Å². The molecule has 2 N–H and O–H groups in total. The van der Waals surface area contributed by atoms with Crippen LogP contribution in [0.15, 0.2) is 51.7 Å². The van der Waals surface area contributed by atoms with Gasteiger partial charge in [0.05, 0.1) is 36.7 Å². The highest BCUT2D eigenvalue weighted by Gasteiger charge is 2.27. The molecule has 10 nitrogen and oxygen atoms in total. The van der Waals surface area contributed by atoms with Gasteiger partial charge in [-0.2, -0.15) is 4.31 Å². The standard InChI is InChI=1S/C22H25N5O5S3/c1-15-3-5-16(6-4-15)23-21-25-26-22(34-21)33-14-20(28)24-18-8-7-17(13-19(18)31-2)35(29,30)27-9-11-32-12-10-27/h3-8,13H,9-12,14H2,1-2H3,(H,23,25)(H,24,28). The van der Waals surface area contributed by atoms with Crippen LogP contribution in [0.5, 0.6) is 5.75 Å². The molecule has 35 heavy (non-hydrogen) atoms. The average Bonchev–Trinajstić information content (AvgIpc) is 3.32. The monoisotopic (exact) mass is 535 g/mol. The maximum Gasteiger partial charge on any atom is 0.243 e. The number of nitrogens with zero attached hydrogens (tertiary/aromatic N) is 3. The molecule has 0 bridgehead atoms. The quantitative estimate of drug-likeness (QED) is 0.397. The van der Waals surface area contributed by atoms with Crippen LogP contribution in [0.3, 0.4) is 0 Å². The van der Waals surface area contributed by atoms with Crippen molar-refractivity contribution in [2.24, 2.45) is 0 Å². The number of methoxy groups -OCH3 is 1. The van der Waals surface area contributed by atoms with Crippen LogP contribution in [0.1, 0.15) is 5.56 Å². The third-order valence-corrected chi connectivity index (χ3v) is 8.96. The number of amides is 1. The van der Waals surface area contributed by atoms with Crippen LogP contribution in [0, 0.1) is 6.92 Å². The smallest absolute Gasteiger partial charge is 0.243 e. The number of morpholine rings is 1. The van der Waals surface area contributed by atoms with E-state index < -0.39 is 10.0 Å². The number of thioether (sulfide) groups is 1. The number of hydrogen-bond donors (Lipinski definition) is 2. The predicted octanol–water partition coefficient (Wildman–Crippen LogP) is 3.35. The zero-order chi connectivity index (χ0) is 24.8. The fourth-order valence-corrected chi connectivity index (χ4v) is 6.26. The number of carbonyl (C=O) groups is 1. The van der Waals surface area contributed by atoms with Gasteiger partial charge >= 0.3 is 0 Å². The van der Waals surface area contributed by atoms with E-state index in [0.717, 1.165) is 5.69 Å². The average molecular weight is 536 g/mol. The first-order chi connectivity index (χ1) is 16.8. The Hall–Kier alpha value is -2.71. The van der Waals surface area contributed by atoms with Crippen LogP contribution in [0.4, 0.5) is 16.5 Å². The normalized spacial score (nSPS) is 14.5. The minimum atomic E-state index is -3.67. The molecule has 1 aromatic heterocycles. The maximum absolute atomic E-state index is 12.9. The zero-order valence-corrected chi connectivity index (χ0v) is 21.6. The summed E-state index contributed by atoms with van der Waals surface area (Å²) in [5.74, 6) is 0.0920. The van der Waals surface area contributed by atoms with Gasteiger partial charge < -0.3 is 20.1 Å². The molecule has 186 valence electrons. The van der Waals surface area contributed by atoms with Gasteiger partial charge in [-0.15, -0.1) is 10.2 Å². The molecule has 1 fully saturated rings. The van der Waals surface area contributed by atoms with Crippen molar-refractivity contribution in [1.82, 2.24) is 14.5 Å². The Bertz CT molecular complexity index is 1270. The fraction of sp³-hybridized carbons (Fsp3) is 0.318. The Balaban J connectivity index is 1.35. The summed E-state index contributed by atoms with van der Waals surface area (Å²) in [6, 6.07) is 12.3. The van der Waals surface area contributed by atoms with Crippen molar-refractivity contribution in [3.63, 3.8) is 0 Å². The predicted molar refractivity (Wildman–Crippen MR) is 136 cm³/mol. The largest absolute Gasteiger partial charge is 0.495 e. The highest BCUT2D eigenvalue weighted by Crippen LogP contribution is 2.31. The second-order valence-electron chi connectivity index (χ2n) is 7.58. The van der Waals surface area contributed by atoms with Crippen LogP contribution in [-0.2, 0) is 19.6 Å². The number of rotatable bonds is 9. The lowest BCUT2D eigenvalue weighted by atomic mass is 10.2. The van der Waals surface area contributed by atoms with E-state index in [2.05, 4.69) is 20.8 Å². The van der Waals surface area contributed by atoms with Crippen molar-refractivity contribution in [3.8, 4) is 5.75 Å². The summed E-state index contributed by atoms with van der Waals surface area (Å²) in [6.07, 6.45) is 0. The molecule has 3 aromatic rings. The lowest BCUT2D eigenvalue weighted by Crippen LogP contribution is -2.40. The molecule has 1 aliphatic rings. The highest BCUT2D eigenvalue weighted by molar-refractivity contribution is 8.01. The van der Waals surface area contributed by atoms with Crippen molar-refractivity contribution in [1.29, 1.82) is 0 Å². The second kappa shape index (κ2) is 11.4.